The normalized spacial score (nSPS) is 15.1. The van der Waals surface area contributed by atoms with Gasteiger partial charge in [0.2, 0.25) is 0 Å². The van der Waals surface area contributed by atoms with Gasteiger partial charge in [0.25, 0.3) is 5.91 Å². The van der Waals surface area contributed by atoms with Gasteiger partial charge < -0.3 is 19.9 Å². The number of hydrogen-bond donors (Lipinski definition) is 2. The minimum absolute atomic E-state index is 0.0345. The Morgan fingerprint density at radius 2 is 2.00 bits per heavy atom. The Morgan fingerprint density at radius 1 is 1.11 bits per heavy atom. The summed E-state index contributed by atoms with van der Waals surface area (Å²) in [5, 5.41) is 12.8. The molecular weight excluding hydrogens is 340 g/mol. The minimum Gasteiger partial charge on any atom is -0.395 e. The van der Waals surface area contributed by atoms with Crippen LogP contribution in [0.25, 0.3) is 22.4 Å². The number of rotatable bonds is 4. The molecule has 6 heteroatoms. The van der Waals surface area contributed by atoms with Gasteiger partial charge in [0.1, 0.15) is 5.82 Å². The summed E-state index contributed by atoms with van der Waals surface area (Å²) < 4.78 is 2.01. The summed E-state index contributed by atoms with van der Waals surface area (Å²) in [6.07, 6.45) is 0.970. The second-order valence-corrected chi connectivity index (χ2v) is 6.78. The summed E-state index contributed by atoms with van der Waals surface area (Å²) in [6.45, 7) is 3.79. The van der Waals surface area contributed by atoms with E-state index in [9.17, 15) is 9.90 Å². The van der Waals surface area contributed by atoms with E-state index in [4.69, 9.17) is 4.98 Å². The fourth-order valence-electron chi connectivity index (χ4n) is 3.64. The summed E-state index contributed by atoms with van der Waals surface area (Å²) in [6, 6.07) is 15.5. The maximum atomic E-state index is 12.9. The molecule has 2 heterocycles. The van der Waals surface area contributed by atoms with Crippen LogP contribution in [0.5, 0.6) is 0 Å². The topological polar surface area (TPSA) is 70.4 Å². The average Bonchev–Trinajstić information content (AvgIpc) is 2.88. The number of benzene rings is 2. The number of nitrogens with one attached hydrogen (secondary N) is 1. The maximum absolute atomic E-state index is 12.9. The van der Waals surface area contributed by atoms with Crippen molar-refractivity contribution in [2.45, 2.75) is 13.0 Å². The standard InChI is InChI=1S/C21H24N4O2/c26-14-13-25-19-8-2-1-7-18(19)23-20(25)16-5-3-6-17(15-16)21(27)24-11-4-9-22-10-12-24/h1-3,5-8,15,22,26H,4,9-14H2. The van der Waals surface area contributed by atoms with Crippen LogP contribution in [0.15, 0.2) is 48.5 Å². The summed E-state index contributed by atoms with van der Waals surface area (Å²) in [7, 11) is 0. The Morgan fingerprint density at radius 3 is 2.89 bits per heavy atom. The van der Waals surface area contributed by atoms with E-state index in [1.54, 1.807) is 0 Å². The van der Waals surface area contributed by atoms with Gasteiger partial charge in [-0.1, -0.05) is 24.3 Å². The van der Waals surface area contributed by atoms with Crippen LogP contribution in [0.4, 0.5) is 0 Å². The molecule has 0 atom stereocenters. The molecule has 1 aromatic heterocycles. The molecule has 1 saturated heterocycles. The Balaban J connectivity index is 1.71. The molecule has 2 aromatic carbocycles. The zero-order valence-electron chi connectivity index (χ0n) is 15.3. The van der Waals surface area contributed by atoms with Gasteiger partial charge >= 0.3 is 0 Å². The molecule has 1 aliphatic heterocycles. The molecule has 0 aliphatic carbocycles. The first-order chi connectivity index (χ1) is 13.3. The van der Waals surface area contributed by atoms with Crippen LogP contribution in [0.2, 0.25) is 0 Å². The number of aliphatic hydroxyl groups is 1. The van der Waals surface area contributed by atoms with E-state index >= 15 is 0 Å². The number of imidazole rings is 1. The van der Waals surface area contributed by atoms with E-state index in [0.29, 0.717) is 12.1 Å². The van der Waals surface area contributed by atoms with Crippen molar-refractivity contribution >= 4 is 16.9 Å². The van der Waals surface area contributed by atoms with Crippen molar-refractivity contribution in [1.82, 2.24) is 19.8 Å². The summed E-state index contributed by atoms with van der Waals surface area (Å²) in [4.78, 5) is 19.6. The number of para-hydroxylation sites is 2. The Hall–Kier alpha value is -2.70. The third-order valence-corrected chi connectivity index (χ3v) is 4.97. The van der Waals surface area contributed by atoms with Crippen molar-refractivity contribution in [1.29, 1.82) is 0 Å². The van der Waals surface area contributed by atoms with Gasteiger partial charge in [-0.3, -0.25) is 4.79 Å². The first kappa shape index (κ1) is 17.7. The van der Waals surface area contributed by atoms with Gasteiger partial charge in [0.05, 0.1) is 17.6 Å². The average molecular weight is 364 g/mol. The number of aromatic nitrogens is 2. The van der Waals surface area contributed by atoms with Gasteiger partial charge in [-0.2, -0.15) is 0 Å². The van der Waals surface area contributed by atoms with Crippen molar-refractivity contribution < 1.29 is 9.90 Å². The molecule has 1 amide bonds. The molecular formula is C21H24N4O2. The molecule has 4 rings (SSSR count). The monoisotopic (exact) mass is 364 g/mol. The highest BCUT2D eigenvalue weighted by molar-refractivity contribution is 5.95. The van der Waals surface area contributed by atoms with E-state index < -0.39 is 0 Å². The van der Waals surface area contributed by atoms with E-state index in [-0.39, 0.29) is 12.5 Å². The molecule has 6 nitrogen and oxygen atoms in total. The van der Waals surface area contributed by atoms with Gasteiger partial charge in [0.15, 0.2) is 0 Å². The fraction of sp³-hybridized carbons (Fsp3) is 0.333. The van der Waals surface area contributed by atoms with Crippen LogP contribution >= 0.6 is 0 Å². The van der Waals surface area contributed by atoms with Crippen LogP contribution in [0, 0.1) is 0 Å². The molecule has 0 bridgehead atoms. The number of fused-ring (bicyclic) bond motifs is 1. The first-order valence-corrected chi connectivity index (χ1v) is 9.44. The van der Waals surface area contributed by atoms with Crippen LogP contribution < -0.4 is 5.32 Å². The number of aliphatic hydroxyl groups excluding tert-OH is 1. The predicted molar refractivity (Wildman–Crippen MR) is 106 cm³/mol. The molecule has 0 unspecified atom stereocenters. The summed E-state index contributed by atoms with van der Waals surface area (Å²) in [5.74, 6) is 0.836. The number of carbonyl (C=O) groups excluding carboxylic acids is 1. The third kappa shape index (κ3) is 3.59. The van der Waals surface area contributed by atoms with E-state index in [1.807, 2.05) is 58.0 Å². The lowest BCUT2D eigenvalue weighted by Gasteiger charge is -2.20. The molecule has 0 saturated carbocycles. The summed E-state index contributed by atoms with van der Waals surface area (Å²) in [5.41, 5.74) is 3.43. The van der Waals surface area contributed by atoms with E-state index in [2.05, 4.69) is 5.32 Å². The SMILES string of the molecule is O=C(c1cccc(-c2nc3ccccc3n2CCO)c1)N1CCCNCC1. The lowest BCUT2D eigenvalue weighted by molar-refractivity contribution is 0.0766. The van der Waals surface area contributed by atoms with E-state index in [0.717, 1.165) is 55.0 Å². The maximum Gasteiger partial charge on any atom is 0.253 e. The Bertz CT molecular complexity index is 942. The van der Waals surface area contributed by atoms with Crippen molar-refractivity contribution in [3.63, 3.8) is 0 Å². The number of hydrogen-bond acceptors (Lipinski definition) is 4. The van der Waals surface area contributed by atoms with Crippen LogP contribution in [0.1, 0.15) is 16.8 Å². The highest BCUT2D eigenvalue weighted by Gasteiger charge is 2.19. The van der Waals surface area contributed by atoms with E-state index in [1.165, 1.54) is 0 Å². The molecule has 0 radical (unpaired) electrons. The Kier molecular flexibility index (Phi) is 5.18. The fourth-order valence-corrected chi connectivity index (χ4v) is 3.64. The third-order valence-electron chi connectivity index (χ3n) is 4.97. The van der Waals surface area contributed by atoms with Crippen molar-refractivity contribution in [2.24, 2.45) is 0 Å². The van der Waals surface area contributed by atoms with Crippen molar-refractivity contribution in [2.75, 3.05) is 32.8 Å². The lowest BCUT2D eigenvalue weighted by Crippen LogP contribution is -2.34. The Labute approximate surface area is 158 Å². The minimum atomic E-state index is 0.0345. The molecule has 1 fully saturated rings. The van der Waals surface area contributed by atoms with Gasteiger partial charge in [-0.15, -0.1) is 0 Å². The molecule has 140 valence electrons. The van der Waals surface area contributed by atoms with Gasteiger partial charge in [-0.05, 0) is 37.2 Å². The zero-order valence-corrected chi connectivity index (χ0v) is 15.3. The van der Waals surface area contributed by atoms with Crippen molar-refractivity contribution in [3.8, 4) is 11.4 Å². The number of nitrogens with zero attached hydrogens (tertiary/aromatic N) is 3. The van der Waals surface area contributed by atoms with Crippen LogP contribution in [-0.4, -0.2) is 58.3 Å². The van der Waals surface area contributed by atoms with Crippen LogP contribution in [-0.2, 0) is 6.54 Å². The lowest BCUT2D eigenvalue weighted by atomic mass is 10.1. The highest BCUT2D eigenvalue weighted by Crippen LogP contribution is 2.26. The second kappa shape index (κ2) is 7.90. The number of amides is 1. The number of carbonyl (C=O) groups is 1. The molecule has 1 aliphatic rings. The van der Waals surface area contributed by atoms with Gasteiger partial charge in [0, 0.05) is 37.3 Å². The molecule has 27 heavy (non-hydrogen) atoms. The largest absolute Gasteiger partial charge is 0.395 e. The van der Waals surface area contributed by atoms with Gasteiger partial charge in [-0.25, -0.2) is 4.98 Å². The highest BCUT2D eigenvalue weighted by atomic mass is 16.3. The van der Waals surface area contributed by atoms with Crippen molar-refractivity contribution in [3.05, 3.63) is 54.1 Å². The summed E-state index contributed by atoms with van der Waals surface area (Å²) >= 11 is 0. The second-order valence-electron chi connectivity index (χ2n) is 6.78. The zero-order chi connectivity index (χ0) is 18.6. The van der Waals surface area contributed by atoms with Crippen LogP contribution in [0.3, 0.4) is 0 Å². The molecule has 3 aromatic rings. The molecule has 2 N–H and O–H groups in total. The smallest absolute Gasteiger partial charge is 0.253 e. The predicted octanol–water partition coefficient (Wildman–Crippen LogP) is 2.13. The molecule has 0 spiro atoms. The first-order valence-electron chi connectivity index (χ1n) is 9.44. The quantitative estimate of drug-likeness (QED) is 0.744.